The molecule has 0 aromatic carbocycles. The first kappa shape index (κ1) is 9.44. The van der Waals surface area contributed by atoms with E-state index in [1.165, 1.54) is 25.7 Å². The maximum absolute atomic E-state index is 4.25. The van der Waals surface area contributed by atoms with Crippen molar-refractivity contribution in [2.24, 2.45) is 17.8 Å². The lowest BCUT2D eigenvalue weighted by Crippen LogP contribution is -2.03. The van der Waals surface area contributed by atoms with Gasteiger partial charge in [-0.25, -0.2) is 0 Å². The fourth-order valence-electron chi connectivity index (χ4n) is 2.43. The summed E-state index contributed by atoms with van der Waals surface area (Å²) in [6.07, 6.45) is 5.64. The SMILES string of the molecule is CC1CC(C)C(CCCS)C1. The number of hydrogen-bond donors (Lipinski definition) is 1. The van der Waals surface area contributed by atoms with E-state index in [0.29, 0.717) is 0 Å². The Hall–Kier alpha value is 0.350. The lowest BCUT2D eigenvalue weighted by atomic mass is 9.94. The molecule has 0 aliphatic heterocycles. The van der Waals surface area contributed by atoms with Gasteiger partial charge < -0.3 is 0 Å². The summed E-state index contributed by atoms with van der Waals surface area (Å²) in [5, 5.41) is 0. The van der Waals surface area contributed by atoms with Gasteiger partial charge in [-0.05, 0) is 49.2 Å². The fourth-order valence-corrected chi connectivity index (χ4v) is 2.61. The average molecular weight is 172 g/mol. The highest BCUT2D eigenvalue weighted by molar-refractivity contribution is 7.80. The van der Waals surface area contributed by atoms with Crippen molar-refractivity contribution in [2.75, 3.05) is 5.75 Å². The van der Waals surface area contributed by atoms with Crippen LogP contribution >= 0.6 is 12.6 Å². The number of hydrogen-bond acceptors (Lipinski definition) is 1. The molecule has 0 aromatic heterocycles. The highest BCUT2D eigenvalue weighted by Crippen LogP contribution is 2.38. The molecule has 1 fully saturated rings. The second-order valence-corrected chi connectivity index (χ2v) is 4.63. The molecular formula is C10H20S. The van der Waals surface area contributed by atoms with Crippen LogP contribution in [-0.4, -0.2) is 5.75 Å². The molecule has 0 spiro atoms. The van der Waals surface area contributed by atoms with E-state index in [4.69, 9.17) is 0 Å². The first-order valence-electron chi connectivity index (χ1n) is 4.85. The van der Waals surface area contributed by atoms with Crippen LogP contribution in [0.25, 0.3) is 0 Å². The summed E-state index contributed by atoms with van der Waals surface area (Å²) in [5.74, 6) is 4.04. The minimum atomic E-state index is 0.977. The first-order valence-corrected chi connectivity index (χ1v) is 5.48. The zero-order valence-electron chi connectivity index (χ0n) is 7.71. The van der Waals surface area contributed by atoms with Crippen molar-refractivity contribution in [1.29, 1.82) is 0 Å². The van der Waals surface area contributed by atoms with Gasteiger partial charge in [0.1, 0.15) is 0 Å². The van der Waals surface area contributed by atoms with E-state index < -0.39 is 0 Å². The van der Waals surface area contributed by atoms with E-state index in [-0.39, 0.29) is 0 Å². The first-order chi connectivity index (χ1) is 5.24. The molecule has 0 saturated heterocycles. The van der Waals surface area contributed by atoms with E-state index in [1.807, 2.05) is 0 Å². The molecule has 1 rings (SSSR count). The van der Waals surface area contributed by atoms with Gasteiger partial charge in [0, 0.05) is 0 Å². The predicted octanol–water partition coefficient (Wildman–Crippen LogP) is 3.38. The van der Waals surface area contributed by atoms with Crippen molar-refractivity contribution in [1.82, 2.24) is 0 Å². The third-order valence-corrected chi connectivity index (χ3v) is 3.33. The summed E-state index contributed by atoms with van der Waals surface area (Å²) in [6, 6.07) is 0. The second kappa shape index (κ2) is 4.39. The summed E-state index contributed by atoms with van der Waals surface area (Å²) < 4.78 is 0. The molecule has 3 unspecified atom stereocenters. The molecule has 0 amide bonds. The summed E-state index contributed by atoms with van der Waals surface area (Å²) in [7, 11) is 0. The molecule has 0 radical (unpaired) electrons. The molecule has 66 valence electrons. The van der Waals surface area contributed by atoms with Crippen molar-refractivity contribution in [3.05, 3.63) is 0 Å². The van der Waals surface area contributed by atoms with E-state index in [0.717, 1.165) is 23.5 Å². The quantitative estimate of drug-likeness (QED) is 0.620. The smallest absolute Gasteiger partial charge is 0.00978 e. The lowest BCUT2D eigenvalue weighted by molar-refractivity contribution is 0.388. The molecule has 0 aromatic rings. The third kappa shape index (κ3) is 2.70. The van der Waals surface area contributed by atoms with Crippen LogP contribution in [0.4, 0.5) is 0 Å². The van der Waals surface area contributed by atoms with Crippen LogP contribution in [0.1, 0.15) is 39.5 Å². The molecule has 3 atom stereocenters. The normalized spacial score (nSPS) is 37.9. The molecule has 0 bridgehead atoms. The maximum Gasteiger partial charge on any atom is -0.00978 e. The fraction of sp³-hybridized carbons (Fsp3) is 1.00. The van der Waals surface area contributed by atoms with Gasteiger partial charge in [-0.3, -0.25) is 0 Å². The van der Waals surface area contributed by atoms with Gasteiger partial charge in [-0.15, -0.1) is 0 Å². The molecule has 11 heavy (non-hydrogen) atoms. The van der Waals surface area contributed by atoms with Crippen molar-refractivity contribution in [3.63, 3.8) is 0 Å². The zero-order chi connectivity index (χ0) is 8.27. The standard InChI is InChI=1S/C10H20S/c1-8-6-9(2)10(7-8)4-3-5-11/h8-11H,3-7H2,1-2H3. The summed E-state index contributed by atoms with van der Waals surface area (Å²) in [6.45, 7) is 4.80. The van der Waals surface area contributed by atoms with Gasteiger partial charge >= 0.3 is 0 Å². The van der Waals surface area contributed by atoms with Gasteiger partial charge in [0.15, 0.2) is 0 Å². The monoisotopic (exact) mass is 172 g/mol. The summed E-state index contributed by atoms with van der Waals surface area (Å²) in [5.41, 5.74) is 0. The Balaban J connectivity index is 2.23. The topological polar surface area (TPSA) is 0 Å². The predicted molar refractivity (Wildman–Crippen MR) is 54.1 cm³/mol. The van der Waals surface area contributed by atoms with Crippen LogP contribution in [0.3, 0.4) is 0 Å². The molecule has 1 heteroatoms. The van der Waals surface area contributed by atoms with E-state index >= 15 is 0 Å². The maximum atomic E-state index is 4.25. The molecule has 1 aliphatic rings. The molecule has 1 aliphatic carbocycles. The Morgan fingerprint density at radius 3 is 2.45 bits per heavy atom. The Labute approximate surface area is 76.2 Å². The van der Waals surface area contributed by atoms with Crippen LogP contribution in [0.2, 0.25) is 0 Å². The van der Waals surface area contributed by atoms with Gasteiger partial charge in [0.25, 0.3) is 0 Å². The third-order valence-electron chi connectivity index (χ3n) is 3.02. The van der Waals surface area contributed by atoms with Gasteiger partial charge in [0.05, 0.1) is 0 Å². The molecule has 0 nitrogen and oxygen atoms in total. The van der Waals surface area contributed by atoms with Crippen LogP contribution in [0, 0.1) is 17.8 Å². The van der Waals surface area contributed by atoms with Crippen molar-refractivity contribution in [3.8, 4) is 0 Å². The van der Waals surface area contributed by atoms with Gasteiger partial charge in [-0.2, -0.15) is 12.6 Å². The average Bonchev–Trinajstić information content (AvgIpc) is 2.26. The number of rotatable bonds is 3. The highest BCUT2D eigenvalue weighted by Gasteiger charge is 2.27. The molecule has 0 N–H and O–H groups in total. The Kier molecular flexibility index (Phi) is 3.77. The lowest BCUT2D eigenvalue weighted by Gasteiger charge is -2.13. The Bertz CT molecular complexity index is 111. The van der Waals surface area contributed by atoms with Gasteiger partial charge in [-0.1, -0.05) is 13.8 Å². The molecule has 1 saturated carbocycles. The Morgan fingerprint density at radius 2 is 2.00 bits per heavy atom. The molecular weight excluding hydrogens is 152 g/mol. The van der Waals surface area contributed by atoms with E-state index in [2.05, 4.69) is 26.5 Å². The van der Waals surface area contributed by atoms with Gasteiger partial charge in [0.2, 0.25) is 0 Å². The summed E-state index contributed by atoms with van der Waals surface area (Å²) >= 11 is 4.25. The minimum absolute atomic E-state index is 0.977. The van der Waals surface area contributed by atoms with Crippen LogP contribution in [-0.2, 0) is 0 Å². The van der Waals surface area contributed by atoms with Crippen LogP contribution in [0.5, 0.6) is 0 Å². The van der Waals surface area contributed by atoms with Crippen molar-refractivity contribution < 1.29 is 0 Å². The van der Waals surface area contributed by atoms with E-state index in [9.17, 15) is 0 Å². The molecule has 0 heterocycles. The zero-order valence-corrected chi connectivity index (χ0v) is 8.61. The Morgan fingerprint density at radius 1 is 1.27 bits per heavy atom. The largest absolute Gasteiger partial charge is 0.179 e. The van der Waals surface area contributed by atoms with E-state index in [1.54, 1.807) is 0 Å². The number of thiol groups is 1. The van der Waals surface area contributed by atoms with Crippen LogP contribution in [0.15, 0.2) is 0 Å². The second-order valence-electron chi connectivity index (χ2n) is 4.18. The van der Waals surface area contributed by atoms with Crippen molar-refractivity contribution in [2.45, 2.75) is 39.5 Å². The highest BCUT2D eigenvalue weighted by atomic mass is 32.1. The summed E-state index contributed by atoms with van der Waals surface area (Å²) in [4.78, 5) is 0. The minimum Gasteiger partial charge on any atom is -0.179 e. The van der Waals surface area contributed by atoms with Crippen LogP contribution < -0.4 is 0 Å². The van der Waals surface area contributed by atoms with Crippen molar-refractivity contribution >= 4 is 12.6 Å².